The minimum absolute atomic E-state index is 0.275. The van der Waals surface area contributed by atoms with E-state index in [1.54, 1.807) is 0 Å². The van der Waals surface area contributed by atoms with Gasteiger partial charge in [0.2, 0.25) is 0 Å². The molecule has 16 heavy (non-hydrogen) atoms. The lowest BCUT2D eigenvalue weighted by molar-refractivity contribution is 1.19. The number of aryl methyl sites for hydroxylation is 1. The van der Waals surface area contributed by atoms with Crippen LogP contribution in [0, 0.1) is 6.92 Å². The van der Waals surface area contributed by atoms with E-state index < -0.39 is 0 Å². The van der Waals surface area contributed by atoms with Crippen LogP contribution in [0.5, 0.6) is 0 Å². The van der Waals surface area contributed by atoms with Crippen LogP contribution in [0.1, 0.15) is 32.0 Å². The van der Waals surface area contributed by atoms with Crippen molar-refractivity contribution in [3.63, 3.8) is 0 Å². The molecule has 1 aromatic heterocycles. The molecule has 0 fully saturated rings. The standard InChI is InChI=1S/C14H19NS/c1-10(2)14(6-5-12(4)16)13-7-8-15-11(3)9-13/h5-9,12,16H,1-4H3. The van der Waals surface area contributed by atoms with Crippen molar-refractivity contribution in [3.8, 4) is 0 Å². The van der Waals surface area contributed by atoms with Crippen molar-refractivity contribution in [1.29, 1.82) is 0 Å². The molecule has 1 rings (SSSR count). The molecule has 1 unspecified atom stereocenters. The molecule has 0 bridgehead atoms. The maximum absolute atomic E-state index is 4.35. The van der Waals surface area contributed by atoms with E-state index in [0.29, 0.717) is 0 Å². The molecule has 0 amide bonds. The minimum Gasteiger partial charge on any atom is -0.262 e. The number of allylic oxidation sites excluding steroid dienone is 3. The van der Waals surface area contributed by atoms with Gasteiger partial charge in [0.25, 0.3) is 0 Å². The van der Waals surface area contributed by atoms with Crippen LogP contribution < -0.4 is 0 Å². The van der Waals surface area contributed by atoms with Gasteiger partial charge in [-0.1, -0.05) is 17.7 Å². The number of hydrogen-bond acceptors (Lipinski definition) is 2. The fraction of sp³-hybridized carbons (Fsp3) is 0.357. The van der Waals surface area contributed by atoms with E-state index in [1.165, 1.54) is 16.7 Å². The van der Waals surface area contributed by atoms with Crippen LogP contribution in [-0.2, 0) is 0 Å². The Labute approximate surface area is 104 Å². The van der Waals surface area contributed by atoms with Gasteiger partial charge in [0.05, 0.1) is 0 Å². The van der Waals surface area contributed by atoms with Gasteiger partial charge in [-0.15, -0.1) is 0 Å². The molecule has 1 aromatic rings. The third kappa shape index (κ3) is 3.86. The molecule has 1 nitrogen and oxygen atoms in total. The van der Waals surface area contributed by atoms with Gasteiger partial charge in [0, 0.05) is 17.1 Å². The highest BCUT2D eigenvalue weighted by molar-refractivity contribution is 7.81. The Morgan fingerprint density at radius 1 is 1.44 bits per heavy atom. The lowest BCUT2D eigenvalue weighted by atomic mass is 10.0. The Morgan fingerprint density at radius 2 is 2.12 bits per heavy atom. The third-order valence-electron chi connectivity index (χ3n) is 2.29. The molecule has 0 radical (unpaired) electrons. The SMILES string of the molecule is CC(C)=C(C=CC(C)S)c1ccnc(C)c1. The van der Waals surface area contributed by atoms with E-state index in [-0.39, 0.29) is 5.25 Å². The van der Waals surface area contributed by atoms with Crippen LogP contribution in [0.25, 0.3) is 5.57 Å². The first-order chi connectivity index (χ1) is 7.50. The van der Waals surface area contributed by atoms with E-state index in [0.717, 1.165) is 5.69 Å². The highest BCUT2D eigenvalue weighted by Gasteiger charge is 2.01. The molecular formula is C14H19NS. The van der Waals surface area contributed by atoms with Gasteiger partial charge in [-0.25, -0.2) is 0 Å². The van der Waals surface area contributed by atoms with Crippen molar-refractivity contribution >= 4 is 18.2 Å². The monoisotopic (exact) mass is 233 g/mol. The summed E-state index contributed by atoms with van der Waals surface area (Å²) in [4.78, 5) is 4.22. The summed E-state index contributed by atoms with van der Waals surface area (Å²) in [5, 5.41) is 0.275. The van der Waals surface area contributed by atoms with Gasteiger partial charge in [-0.3, -0.25) is 4.98 Å². The average Bonchev–Trinajstić information content (AvgIpc) is 2.17. The average molecular weight is 233 g/mol. The Bertz CT molecular complexity index is 412. The largest absolute Gasteiger partial charge is 0.262 e. The van der Waals surface area contributed by atoms with Crippen molar-refractivity contribution in [3.05, 3.63) is 47.3 Å². The first kappa shape index (κ1) is 13.0. The van der Waals surface area contributed by atoms with E-state index in [2.05, 4.69) is 56.6 Å². The second kappa shape index (κ2) is 5.90. The van der Waals surface area contributed by atoms with Crippen LogP contribution in [-0.4, -0.2) is 10.2 Å². The van der Waals surface area contributed by atoms with E-state index in [4.69, 9.17) is 0 Å². The van der Waals surface area contributed by atoms with Gasteiger partial charge < -0.3 is 0 Å². The second-order valence-electron chi connectivity index (χ2n) is 4.20. The molecule has 0 aliphatic heterocycles. The fourth-order valence-electron chi connectivity index (χ4n) is 1.50. The van der Waals surface area contributed by atoms with Gasteiger partial charge >= 0.3 is 0 Å². The topological polar surface area (TPSA) is 12.9 Å². The summed E-state index contributed by atoms with van der Waals surface area (Å²) in [5.74, 6) is 0. The maximum Gasteiger partial charge on any atom is 0.0378 e. The molecule has 0 aliphatic rings. The number of thiol groups is 1. The van der Waals surface area contributed by atoms with E-state index in [1.807, 2.05) is 19.2 Å². The van der Waals surface area contributed by atoms with E-state index in [9.17, 15) is 0 Å². The van der Waals surface area contributed by atoms with Crippen LogP contribution in [0.4, 0.5) is 0 Å². The number of aromatic nitrogens is 1. The normalized spacial score (nSPS) is 12.8. The summed E-state index contributed by atoms with van der Waals surface area (Å²) >= 11 is 4.35. The zero-order chi connectivity index (χ0) is 12.1. The van der Waals surface area contributed by atoms with Gasteiger partial charge in [0.1, 0.15) is 0 Å². The zero-order valence-corrected chi connectivity index (χ0v) is 11.3. The summed E-state index contributed by atoms with van der Waals surface area (Å²) in [6.07, 6.45) is 6.09. The molecule has 0 saturated heterocycles. The van der Waals surface area contributed by atoms with Crippen molar-refractivity contribution < 1.29 is 0 Å². The van der Waals surface area contributed by atoms with Gasteiger partial charge in [0.15, 0.2) is 0 Å². The smallest absolute Gasteiger partial charge is 0.0378 e. The molecule has 0 N–H and O–H groups in total. The highest BCUT2D eigenvalue weighted by Crippen LogP contribution is 2.20. The van der Waals surface area contributed by atoms with Crippen molar-refractivity contribution in [1.82, 2.24) is 4.98 Å². The van der Waals surface area contributed by atoms with Gasteiger partial charge in [-0.2, -0.15) is 12.6 Å². The quantitative estimate of drug-likeness (QED) is 0.613. The Morgan fingerprint density at radius 3 is 2.62 bits per heavy atom. The van der Waals surface area contributed by atoms with Crippen LogP contribution >= 0.6 is 12.6 Å². The first-order valence-electron chi connectivity index (χ1n) is 5.47. The molecular weight excluding hydrogens is 214 g/mol. The summed E-state index contributed by atoms with van der Waals surface area (Å²) in [6, 6.07) is 4.15. The van der Waals surface area contributed by atoms with E-state index >= 15 is 0 Å². The molecule has 0 spiro atoms. The molecule has 2 heteroatoms. The first-order valence-corrected chi connectivity index (χ1v) is 5.99. The summed E-state index contributed by atoms with van der Waals surface area (Å²) in [6.45, 7) is 8.31. The lowest BCUT2D eigenvalue weighted by Gasteiger charge is -2.07. The minimum atomic E-state index is 0.275. The zero-order valence-electron chi connectivity index (χ0n) is 10.4. The van der Waals surface area contributed by atoms with Crippen LogP contribution in [0.2, 0.25) is 0 Å². The molecule has 1 atom stereocenters. The molecule has 0 aliphatic carbocycles. The predicted octanol–water partition coefficient (Wildman–Crippen LogP) is 4.06. The van der Waals surface area contributed by atoms with Crippen LogP contribution in [0.3, 0.4) is 0 Å². The summed E-state index contributed by atoms with van der Waals surface area (Å²) < 4.78 is 0. The number of nitrogens with zero attached hydrogens (tertiary/aromatic N) is 1. The fourth-order valence-corrected chi connectivity index (χ4v) is 1.59. The van der Waals surface area contributed by atoms with Crippen molar-refractivity contribution in [2.45, 2.75) is 32.9 Å². The van der Waals surface area contributed by atoms with Crippen molar-refractivity contribution in [2.24, 2.45) is 0 Å². The molecule has 0 aromatic carbocycles. The summed E-state index contributed by atoms with van der Waals surface area (Å²) in [7, 11) is 0. The van der Waals surface area contributed by atoms with Crippen LogP contribution in [0.15, 0.2) is 36.1 Å². The highest BCUT2D eigenvalue weighted by atomic mass is 32.1. The molecule has 86 valence electrons. The third-order valence-corrected chi connectivity index (χ3v) is 2.46. The summed E-state index contributed by atoms with van der Waals surface area (Å²) in [5.41, 5.74) is 4.82. The maximum atomic E-state index is 4.35. The lowest BCUT2D eigenvalue weighted by Crippen LogP contribution is -1.89. The Kier molecular flexibility index (Phi) is 4.81. The number of hydrogen-bond donors (Lipinski definition) is 1. The number of rotatable bonds is 3. The number of pyridine rings is 1. The second-order valence-corrected chi connectivity index (χ2v) is 5.01. The predicted molar refractivity (Wildman–Crippen MR) is 74.8 cm³/mol. The molecule has 1 heterocycles. The molecule has 0 saturated carbocycles. The Balaban J connectivity index is 3.10. The van der Waals surface area contributed by atoms with Gasteiger partial charge in [-0.05, 0) is 51.0 Å². The Hall–Kier alpha value is -1.02. The van der Waals surface area contributed by atoms with Crippen molar-refractivity contribution in [2.75, 3.05) is 0 Å².